The summed E-state index contributed by atoms with van der Waals surface area (Å²) in [6, 6.07) is 1.60. The third kappa shape index (κ3) is 3.95. The number of carbonyl (C=O) groups excluding carboxylic acids is 1. The Morgan fingerprint density at radius 2 is 1.95 bits per heavy atom. The molecule has 5 N–H and O–H groups in total. The number of hydrogen-bond acceptors (Lipinski definition) is 4. The lowest BCUT2D eigenvalue weighted by molar-refractivity contribution is -0.145. The molecule has 0 aromatic heterocycles. The minimum absolute atomic E-state index is 0.150. The van der Waals surface area contributed by atoms with E-state index in [1.54, 1.807) is 0 Å². The van der Waals surface area contributed by atoms with Gasteiger partial charge in [-0.3, -0.25) is 9.59 Å². The number of rotatable bonds is 5. The van der Waals surface area contributed by atoms with Crippen LogP contribution in [0.2, 0.25) is 0 Å². The molecule has 0 fully saturated rings. The number of nitrogens with two attached hydrogens (primary N) is 1. The fourth-order valence-corrected chi connectivity index (χ4v) is 1.28. The standard InChI is InChI=1S/C11H11FN2O5/c12-6-3-5(1-2-7(6)13)10(17)14-8(11(18)19)4-9(15)16/h1-3,8H,4,13H2,(H,14,17)(H,15,16)(H,18,19). The summed E-state index contributed by atoms with van der Waals surface area (Å²) in [7, 11) is 0. The average Bonchev–Trinajstić information content (AvgIpc) is 2.31. The second-order valence-electron chi connectivity index (χ2n) is 3.70. The van der Waals surface area contributed by atoms with Crippen molar-refractivity contribution in [2.45, 2.75) is 12.5 Å². The van der Waals surface area contributed by atoms with E-state index in [9.17, 15) is 18.8 Å². The molecule has 0 aliphatic rings. The zero-order chi connectivity index (χ0) is 14.6. The van der Waals surface area contributed by atoms with Gasteiger partial charge in [0.25, 0.3) is 5.91 Å². The molecule has 0 saturated heterocycles. The lowest BCUT2D eigenvalue weighted by Crippen LogP contribution is -2.42. The number of nitrogen functional groups attached to an aromatic ring is 1. The molecule has 0 aliphatic heterocycles. The highest BCUT2D eigenvalue weighted by atomic mass is 19.1. The van der Waals surface area contributed by atoms with Gasteiger partial charge in [0.1, 0.15) is 11.9 Å². The minimum atomic E-state index is -1.59. The second-order valence-corrected chi connectivity index (χ2v) is 3.70. The molecule has 1 atom stereocenters. The summed E-state index contributed by atoms with van der Waals surface area (Å²) in [6.45, 7) is 0. The van der Waals surface area contributed by atoms with E-state index in [1.165, 1.54) is 6.07 Å². The first-order valence-electron chi connectivity index (χ1n) is 5.11. The van der Waals surface area contributed by atoms with E-state index in [-0.39, 0.29) is 11.3 Å². The number of aliphatic carboxylic acids is 2. The third-order valence-electron chi connectivity index (χ3n) is 2.24. The van der Waals surface area contributed by atoms with Gasteiger partial charge >= 0.3 is 11.9 Å². The molecule has 0 radical (unpaired) electrons. The van der Waals surface area contributed by atoms with Crippen LogP contribution in [-0.4, -0.2) is 34.1 Å². The maximum absolute atomic E-state index is 13.1. The van der Waals surface area contributed by atoms with Crippen LogP contribution >= 0.6 is 0 Å². The van der Waals surface area contributed by atoms with E-state index in [4.69, 9.17) is 15.9 Å². The number of hydrogen-bond donors (Lipinski definition) is 4. The molecule has 1 aromatic rings. The molecule has 1 rings (SSSR count). The van der Waals surface area contributed by atoms with Gasteiger partial charge in [0.15, 0.2) is 0 Å². The Kier molecular flexibility index (Phi) is 4.41. The zero-order valence-corrected chi connectivity index (χ0v) is 9.59. The monoisotopic (exact) mass is 270 g/mol. The Morgan fingerprint density at radius 3 is 2.42 bits per heavy atom. The summed E-state index contributed by atoms with van der Waals surface area (Å²) in [4.78, 5) is 32.8. The zero-order valence-electron chi connectivity index (χ0n) is 9.59. The van der Waals surface area contributed by atoms with Crippen LogP contribution in [0.1, 0.15) is 16.8 Å². The molecular formula is C11H11FN2O5. The maximum Gasteiger partial charge on any atom is 0.326 e. The Labute approximate surface area is 106 Å². The van der Waals surface area contributed by atoms with Gasteiger partial charge in [-0.1, -0.05) is 0 Å². The molecule has 102 valence electrons. The van der Waals surface area contributed by atoms with Crippen LogP contribution in [0.15, 0.2) is 18.2 Å². The molecule has 0 heterocycles. The third-order valence-corrected chi connectivity index (χ3v) is 2.24. The summed E-state index contributed by atoms with van der Waals surface area (Å²) in [5.41, 5.74) is 4.92. The van der Waals surface area contributed by atoms with E-state index in [2.05, 4.69) is 0 Å². The van der Waals surface area contributed by atoms with Crippen LogP contribution < -0.4 is 11.1 Å². The van der Waals surface area contributed by atoms with E-state index >= 15 is 0 Å². The van der Waals surface area contributed by atoms with Crippen LogP contribution in [0.25, 0.3) is 0 Å². The summed E-state index contributed by atoms with van der Waals surface area (Å²) in [5, 5.41) is 19.2. The average molecular weight is 270 g/mol. The summed E-state index contributed by atoms with van der Waals surface area (Å²) >= 11 is 0. The minimum Gasteiger partial charge on any atom is -0.481 e. The summed E-state index contributed by atoms with van der Waals surface area (Å²) < 4.78 is 13.1. The molecule has 0 saturated carbocycles. The van der Waals surface area contributed by atoms with E-state index in [0.717, 1.165) is 12.1 Å². The van der Waals surface area contributed by atoms with E-state index in [0.29, 0.717) is 0 Å². The van der Waals surface area contributed by atoms with Crippen molar-refractivity contribution in [2.24, 2.45) is 0 Å². The van der Waals surface area contributed by atoms with Gasteiger partial charge in [-0.15, -0.1) is 0 Å². The number of anilines is 1. The lowest BCUT2D eigenvalue weighted by Gasteiger charge is -2.12. The van der Waals surface area contributed by atoms with Gasteiger partial charge in [-0.2, -0.15) is 0 Å². The number of benzene rings is 1. The fraction of sp³-hybridized carbons (Fsp3) is 0.182. The molecule has 0 spiro atoms. The van der Waals surface area contributed by atoms with Crippen molar-refractivity contribution in [2.75, 3.05) is 5.73 Å². The first-order valence-corrected chi connectivity index (χ1v) is 5.11. The predicted octanol–water partition coefficient (Wildman–Crippen LogP) is 0.0656. The normalized spacial score (nSPS) is 11.6. The highest BCUT2D eigenvalue weighted by molar-refractivity contribution is 5.97. The van der Waals surface area contributed by atoms with Gasteiger partial charge in [0.2, 0.25) is 0 Å². The molecule has 19 heavy (non-hydrogen) atoms. The molecule has 0 bridgehead atoms. The highest BCUT2D eigenvalue weighted by Crippen LogP contribution is 2.12. The Balaban J connectivity index is 2.84. The molecular weight excluding hydrogens is 259 g/mol. The number of carboxylic acid groups (broad SMARTS) is 2. The molecule has 0 aliphatic carbocycles. The molecule has 1 unspecified atom stereocenters. The quantitative estimate of drug-likeness (QED) is 0.560. The van der Waals surface area contributed by atoms with Gasteiger partial charge < -0.3 is 21.3 Å². The second kappa shape index (κ2) is 5.80. The number of halogens is 1. The molecule has 1 amide bonds. The van der Waals surface area contributed by atoms with Crippen LogP contribution in [-0.2, 0) is 9.59 Å². The number of nitrogens with one attached hydrogen (secondary N) is 1. The van der Waals surface area contributed by atoms with Crippen molar-refractivity contribution >= 4 is 23.5 Å². The van der Waals surface area contributed by atoms with Crippen LogP contribution in [0.4, 0.5) is 10.1 Å². The van der Waals surface area contributed by atoms with Crippen molar-refractivity contribution in [3.63, 3.8) is 0 Å². The number of amides is 1. The van der Waals surface area contributed by atoms with Crippen molar-refractivity contribution in [1.82, 2.24) is 5.32 Å². The largest absolute Gasteiger partial charge is 0.481 e. The SMILES string of the molecule is Nc1ccc(C(=O)NC(CC(=O)O)C(=O)O)cc1F. The topological polar surface area (TPSA) is 130 Å². The number of carboxylic acids is 2. The molecule has 7 nitrogen and oxygen atoms in total. The van der Waals surface area contributed by atoms with Gasteiger partial charge in [-0.05, 0) is 18.2 Å². The number of carbonyl (C=O) groups is 3. The molecule has 1 aromatic carbocycles. The van der Waals surface area contributed by atoms with Gasteiger partial charge in [-0.25, -0.2) is 9.18 Å². The molecule has 8 heteroatoms. The van der Waals surface area contributed by atoms with Crippen molar-refractivity contribution in [3.8, 4) is 0 Å². The van der Waals surface area contributed by atoms with Gasteiger partial charge in [0, 0.05) is 5.56 Å². The van der Waals surface area contributed by atoms with Gasteiger partial charge in [0.05, 0.1) is 12.1 Å². The highest BCUT2D eigenvalue weighted by Gasteiger charge is 2.23. The van der Waals surface area contributed by atoms with Crippen LogP contribution in [0.3, 0.4) is 0 Å². The van der Waals surface area contributed by atoms with Crippen molar-refractivity contribution in [1.29, 1.82) is 0 Å². The fourth-order valence-electron chi connectivity index (χ4n) is 1.28. The smallest absolute Gasteiger partial charge is 0.326 e. The van der Waals surface area contributed by atoms with Crippen LogP contribution in [0.5, 0.6) is 0 Å². The summed E-state index contributed by atoms with van der Waals surface area (Å²) in [6.07, 6.45) is -0.779. The van der Waals surface area contributed by atoms with Crippen molar-refractivity contribution in [3.05, 3.63) is 29.6 Å². The van der Waals surface area contributed by atoms with Crippen LogP contribution in [0, 0.1) is 5.82 Å². The lowest BCUT2D eigenvalue weighted by atomic mass is 10.1. The Morgan fingerprint density at radius 1 is 1.32 bits per heavy atom. The van der Waals surface area contributed by atoms with E-state index in [1.807, 2.05) is 5.32 Å². The van der Waals surface area contributed by atoms with E-state index < -0.39 is 36.1 Å². The predicted molar refractivity (Wildman–Crippen MR) is 62.0 cm³/mol. The first kappa shape index (κ1) is 14.4. The first-order chi connectivity index (χ1) is 8.81. The summed E-state index contributed by atoms with van der Waals surface area (Å²) in [5.74, 6) is -4.59. The maximum atomic E-state index is 13.1. The van der Waals surface area contributed by atoms with Crippen molar-refractivity contribution < 1.29 is 29.0 Å². The Bertz CT molecular complexity index is 532. The Hall–Kier alpha value is -2.64.